The SMILES string of the molecule is COc1ccc(OC)c2c1CN(Cc1ccccc1)CC2O. The summed E-state index contributed by atoms with van der Waals surface area (Å²) in [5.74, 6) is 1.52. The first-order valence-corrected chi connectivity index (χ1v) is 7.41. The van der Waals surface area contributed by atoms with Crippen molar-refractivity contribution in [3.8, 4) is 11.5 Å². The van der Waals surface area contributed by atoms with Crippen LogP contribution in [0.1, 0.15) is 22.8 Å². The minimum atomic E-state index is -0.572. The maximum Gasteiger partial charge on any atom is 0.125 e. The molecule has 1 atom stereocenters. The van der Waals surface area contributed by atoms with E-state index in [0.29, 0.717) is 6.54 Å². The molecule has 0 spiro atoms. The van der Waals surface area contributed by atoms with Crippen LogP contribution in [-0.4, -0.2) is 30.8 Å². The van der Waals surface area contributed by atoms with Crippen LogP contribution in [0.2, 0.25) is 0 Å². The van der Waals surface area contributed by atoms with Gasteiger partial charge in [0.05, 0.1) is 20.3 Å². The van der Waals surface area contributed by atoms with Crippen molar-refractivity contribution in [2.45, 2.75) is 19.2 Å². The van der Waals surface area contributed by atoms with E-state index in [2.05, 4.69) is 17.0 Å². The quantitative estimate of drug-likeness (QED) is 0.942. The van der Waals surface area contributed by atoms with Crippen molar-refractivity contribution in [3.05, 3.63) is 59.2 Å². The molecule has 0 bridgehead atoms. The molecule has 2 aromatic rings. The van der Waals surface area contributed by atoms with Crippen molar-refractivity contribution < 1.29 is 14.6 Å². The molecule has 0 fully saturated rings. The molecule has 0 saturated carbocycles. The molecule has 22 heavy (non-hydrogen) atoms. The summed E-state index contributed by atoms with van der Waals surface area (Å²) >= 11 is 0. The third-order valence-electron chi connectivity index (χ3n) is 4.11. The summed E-state index contributed by atoms with van der Waals surface area (Å²) in [5.41, 5.74) is 3.10. The first-order chi connectivity index (χ1) is 10.7. The molecule has 4 heteroatoms. The molecular weight excluding hydrogens is 278 g/mol. The van der Waals surface area contributed by atoms with Crippen molar-refractivity contribution in [1.82, 2.24) is 4.90 Å². The second-order valence-electron chi connectivity index (χ2n) is 5.53. The van der Waals surface area contributed by atoms with Gasteiger partial charge in [-0.15, -0.1) is 0 Å². The number of benzene rings is 2. The zero-order valence-electron chi connectivity index (χ0n) is 13.0. The number of fused-ring (bicyclic) bond motifs is 1. The van der Waals surface area contributed by atoms with E-state index >= 15 is 0 Å². The molecular formula is C18H21NO3. The Labute approximate surface area is 130 Å². The molecule has 116 valence electrons. The van der Waals surface area contributed by atoms with E-state index in [4.69, 9.17) is 9.47 Å². The fourth-order valence-electron chi connectivity index (χ4n) is 3.11. The van der Waals surface area contributed by atoms with Crippen LogP contribution in [0.3, 0.4) is 0 Å². The predicted molar refractivity (Wildman–Crippen MR) is 85.1 cm³/mol. The van der Waals surface area contributed by atoms with Gasteiger partial charge in [-0.1, -0.05) is 30.3 Å². The minimum Gasteiger partial charge on any atom is -0.496 e. The first-order valence-electron chi connectivity index (χ1n) is 7.41. The van der Waals surface area contributed by atoms with Crippen molar-refractivity contribution >= 4 is 0 Å². The molecule has 1 aliphatic rings. The lowest BCUT2D eigenvalue weighted by atomic mass is 9.95. The molecule has 0 radical (unpaired) electrons. The highest BCUT2D eigenvalue weighted by Gasteiger charge is 2.29. The molecule has 3 rings (SSSR count). The highest BCUT2D eigenvalue weighted by atomic mass is 16.5. The molecule has 0 amide bonds. The average molecular weight is 299 g/mol. The van der Waals surface area contributed by atoms with Crippen molar-refractivity contribution in [1.29, 1.82) is 0 Å². The summed E-state index contributed by atoms with van der Waals surface area (Å²) in [7, 11) is 3.29. The van der Waals surface area contributed by atoms with Gasteiger partial charge < -0.3 is 14.6 Å². The van der Waals surface area contributed by atoms with Crippen molar-refractivity contribution in [3.63, 3.8) is 0 Å². The zero-order chi connectivity index (χ0) is 15.5. The summed E-state index contributed by atoms with van der Waals surface area (Å²) in [6.45, 7) is 2.13. The Morgan fingerprint density at radius 2 is 1.73 bits per heavy atom. The highest BCUT2D eigenvalue weighted by Crippen LogP contribution is 2.39. The van der Waals surface area contributed by atoms with Crippen LogP contribution in [-0.2, 0) is 13.1 Å². The first kappa shape index (κ1) is 14.9. The predicted octanol–water partition coefficient (Wildman–Crippen LogP) is 2.75. The van der Waals surface area contributed by atoms with Crippen LogP contribution in [0, 0.1) is 0 Å². The van der Waals surface area contributed by atoms with E-state index in [1.807, 2.05) is 30.3 Å². The van der Waals surface area contributed by atoms with Crippen LogP contribution < -0.4 is 9.47 Å². The number of aliphatic hydroxyl groups excluding tert-OH is 1. The van der Waals surface area contributed by atoms with Gasteiger partial charge in [0.1, 0.15) is 11.5 Å². The third-order valence-corrected chi connectivity index (χ3v) is 4.11. The maximum atomic E-state index is 10.6. The van der Waals surface area contributed by atoms with Gasteiger partial charge in [-0.25, -0.2) is 0 Å². The molecule has 2 aromatic carbocycles. The van der Waals surface area contributed by atoms with E-state index in [-0.39, 0.29) is 0 Å². The Morgan fingerprint density at radius 3 is 2.41 bits per heavy atom. The molecule has 0 aliphatic carbocycles. The third kappa shape index (κ3) is 2.80. The lowest BCUT2D eigenvalue weighted by Gasteiger charge is -2.34. The minimum absolute atomic E-state index is 0.572. The van der Waals surface area contributed by atoms with Crippen molar-refractivity contribution in [2.24, 2.45) is 0 Å². The Bertz CT molecular complexity index is 642. The van der Waals surface area contributed by atoms with Gasteiger partial charge in [0.2, 0.25) is 0 Å². The number of nitrogens with zero attached hydrogens (tertiary/aromatic N) is 1. The molecule has 4 nitrogen and oxygen atoms in total. The molecule has 1 N–H and O–H groups in total. The summed E-state index contributed by atoms with van der Waals surface area (Å²) in [6, 6.07) is 14.0. The second kappa shape index (κ2) is 6.38. The van der Waals surface area contributed by atoms with E-state index in [0.717, 1.165) is 35.7 Å². The number of β-amino-alcohol motifs (C(OH)–C–C–N with tert-alkyl or cyclic N) is 1. The smallest absolute Gasteiger partial charge is 0.125 e. The Kier molecular flexibility index (Phi) is 4.32. The maximum absolute atomic E-state index is 10.6. The zero-order valence-corrected chi connectivity index (χ0v) is 13.0. The van der Waals surface area contributed by atoms with E-state index in [9.17, 15) is 5.11 Å². The number of methoxy groups -OCH3 is 2. The molecule has 1 heterocycles. The second-order valence-corrected chi connectivity index (χ2v) is 5.53. The Morgan fingerprint density at radius 1 is 1.05 bits per heavy atom. The summed E-state index contributed by atoms with van der Waals surface area (Å²) < 4.78 is 10.9. The van der Waals surface area contributed by atoms with Gasteiger partial charge in [-0.05, 0) is 17.7 Å². The largest absolute Gasteiger partial charge is 0.496 e. The fraction of sp³-hybridized carbons (Fsp3) is 0.333. The lowest BCUT2D eigenvalue weighted by molar-refractivity contribution is 0.0843. The number of aliphatic hydroxyl groups is 1. The van der Waals surface area contributed by atoms with Gasteiger partial charge in [-0.2, -0.15) is 0 Å². The van der Waals surface area contributed by atoms with Gasteiger partial charge in [0.25, 0.3) is 0 Å². The molecule has 1 aliphatic heterocycles. The van der Waals surface area contributed by atoms with Crippen LogP contribution >= 0.6 is 0 Å². The summed E-state index contributed by atoms with van der Waals surface area (Å²) in [5, 5.41) is 10.6. The Balaban J connectivity index is 1.91. The summed E-state index contributed by atoms with van der Waals surface area (Å²) in [4.78, 5) is 2.23. The number of rotatable bonds is 4. The van der Waals surface area contributed by atoms with E-state index in [1.54, 1.807) is 14.2 Å². The normalized spacial score (nSPS) is 17.9. The summed E-state index contributed by atoms with van der Waals surface area (Å²) in [6.07, 6.45) is -0.572. The fourth-order valence-corrected chi connectivity index (χ4v) is 3.11. The van der Waals surface area contributed by atoms with Gasteiger partial charge in [0.15, 0.2) is 0 Å². The van der Waals surface area contributed by atoms with Gasteiger partial charge in [0, 0.05) is 30.8 Å². The van der Waals surface area contributed by atoms with E-state index in [1.165, 1.54) is 5.56 Å². The van der Waals surface area contributed by atoms with Gasteiger partial charge in [-0.3, -0.25) is 4.90 Å². The molecule has 1 unspecified atom stereocenters. The van der Waals surface area contributed by atoms with Crippen molar-refractivity contribution in [2.75, 3.05) is 20.8 Å². The van der Waals surface area contributed by atoms with Crippen LogP contribution in [0.15, 0.2) is 42.5 Å². The van der Waals surface area contributed by atoms with Crippen LogP contribution in [0.4, 0.5) is 0 Å². The molecule has 0 saturated heterocycles. The average Bonchev–Trinajstić information content (AvgIpc) is 2.54. The number of ether oxygens (including phenoxy) is 2. The highest BCUT2D eigenvalue weighted by molar-refractivity contribution is 5.51. The monoisotopic (exact) mass is 299 g/mol. The Hall–Kier alpha value is -2.04. The lowest BCUT2D eigenvalue weighted by Crippen LogP contribution is -2.33. The topological polar surface area (TPSA) is 41.9 Å². The number of hydrogen-bond acceptors (Lipinski definition) is 4. The standard InChI is InChI=1S/C18H21NO3/c1-21-16-8-9-17(22-2)18-14(16)11-19(12-15(18)20)10-13-6-4-3-5-7-13/h3-9,15,20H,10-12H2,1-2H3. The number of hydrogen-bond donors (Lipinski definition) is 1. The van der Waals surface area contributed by atoms with Gasteiger partial charge >= 0.3 is 0 Å². The molecule has 0 aromatic heterocycles. The van der Waals surface area contributed by atoms with Crippen LogP contribution in [0.25, 0.3) is 0 Å². The van der Waals surface area contributed by atoms with Crippen LogP contribution in [0.5, 0.6) is 11.5 Å². The van der Waals surface area contributed by atoms with E-state index < -0.39 is 6.10 Å².